The highest BCUT2D eigenvalue weighted by Gasteiger charge is 2.14. The summed E-state index contributed by atoms with van der Waals surface area (Å²) in [7, 11) is -3.66. The number of halogens is 1. The lowest BCUT2D eigenvalue weighted by Gasteiger charge is -2.09. The first kappa shape index (κ1) is 19.9. The van der Waals surface area contributed by atoms with Crippen molar-refractivity contribution in [3.05, 3.63) is 59.9 Å². The third-order valence-corrected chi connectivity index (χ3v) is 4.87. The average molecular weight is 381 g/mol. The van der Waals surface area contributed by atoms with E-state index in [9.17, 15) is 17.6 Å². The molecule has 0 atom stereocenters. The first-order chi connectivity index (χ1) is 12.4. The van der Waals surface area contributed by atoms with Gasteiger partial charge < -0.3 is 9.47 Å². The number of carbonyl (C=O) groups is 1. The van der Waals surface area contributed by atoms with Gasteiger partial charge in [-0.1, -0.05) is 29.8 Å². The molecule has 2 rings (SSSR count). The van der Waals surface area contributed by atoms with Crippen LogP contribution in [0.15, 0.2) is 53.4 Å². The van der Waals surface area contributed by atoms with Crippen LogP contribution >= 0.6 is 0 Å². The maximum Gasteiger partial charge on any atom is 0.307 e. The zero-order chi connectivity index (χ0) is 19.0. The number of hydrogen-bond acceptors (Lipinski definition) is 5. The van der Waals surface area contributed by atoms with E-state index in [-0.39, 0.29) is 36.8 Å². The van der Waals surface area contributed by atoms with Crippen molar-refractivity contribution in [3.8, 4) is 5.75 Å². The second-order valence-electron chi connectivity index (χ2n) is 5.46. The Morgan fingerprint density at radius 2 is 1.77 bits per heavy atom. The third-order valence-electron chi connectivity index (χ3n) is 3.39. The molecule has 140 valence electrons. The Morgan fingerprint density at radius 1 is 1.08 bits per heavy atom. The number of ether oxygens (including phenoxy) is 2. The molecule has 0 aliphatic carbocycles. The van der Waals surface area contributed by atoms with E-state index in [0.717, 1.165) is 5.56 Å². The fourth-order valence-corrected chi connectivity index (χ4v) is 3.06. The van der Waals surface area contributed by atoms with Crippen LogP contribution in [0.5, 0.6) is 5.75 Å². The summed E-state index contributed by atoms with van der Waals surface area (Å²) in [6.45, 7) is 1.72. The predicted molar refractivity (Wildman–Crippen MR) is 93.8 cm³/mol. The summed E-state index contributed by atoms with van der Waals surface area (Å²) in [6.07, 6.45) is -0.120. The number of carbonyl (C=O) groups excluding carboxylic acids is 1. The monoisotopic (exact) mass is 381 g/mol. The maximum atomic E-state index is 13.3. The van der Waals surface area contributed by atoms with Crippen molar-refractivity contribution >= 4 is 16.0 Å². The average Bonchev–Trinajstić information content (AvgIpc) is 2.60. The molecule has 0 saturated carbocycles. The van der Waals surface area contributed by atoms with Crippen molar-refractivity contribution < 1.29 is 27.1 Å². The lowest BCUT2D eigenvalue weighted by atomic mass is 10.2. The molecule has 0 bridgehead atoms. The minimum Gasteiger partial charge on any atom is -0.487 e. The van der Waals surface area contributed by atoms with Gasteiger partial charge in [0.2, 0.25) is 10.0 Å². The standard InChI is InChI=1S/C18H20FNO5S/c1-14-6-8-15(9-7-14)26(22,23)20-11-10-18(21)25-13-12-24-17-5-3-2-4-16(17)19/h2-9,20H,10-13H2,1H3. The van der Waals surface area contributed by atoms with E-state index in [2.05, 4.69) is 4.72 Å². The quantitative estimate of drug-likeness (QED) is 0.533. The molecule has 8 heteroatoms. The van der Waals surface area contributed by atoms with Gasteiger partial charge >= 0.3 is 5.97 Å². The fourth-order valence-electron chi connectivity index (χ4n) is 2.03. The Balaban J connectivity index is 1.67. The van der Waals surface area contributed by atoms with Crippen LogP contribution in [-0.4, -0.2) is 34.1 Å². The van der Waals surface area contributed by atoms with Gasteiger partial charge in [-0.3, -0.25) is 4.79 Å². The van der Waals surface area contributed by atoms with Crippen LogP contribution in [0.4, 0.5) is 4.39 Å². The first-order valence-corrected chi connectivity index (χ1v) is 9.46. The van der Waals surface area contributed by atoms with Crippen molar-refractivity contribution in [2.45, 2.75) is 18.2 Å². The van der Waals surface area contributed by atoms with E-state index in [1.54, 1.807) is 24.3 Å². The summed E-state index contributed by atoms with van der Waals surface area (Å²) >= 11 is 0. The van der Waals surface area contributed by atoms with Crippen molar-refractivity contribution in [1.82, 2.24) is 4.72 Å². The third kappa shape index (κ3) is 6.12. The highest BCUT2D eigenvalue weighted by atomic mass is 32.2. The van der Waals surface area contributed by atoms with Crippen LogP contribution in [0, 0.1) is 12.7 Å². The van der Waals surface area contributed by atoms with Crippen LogP contribution in [0.3, 0.4) is 0 Å². The molecule has 0 heterocycles. The van der Waals surface area contributed by atoms with E-state index in [1.807, 2.05) is 6.92 Å². The van der Waals surface area contributed by atoms with Crippen LogP contribution in [-0.2, 0) is 19.6 Å². The van der Waals surface area contributed by atoms with Gasteiger partial charge in [-0.15, -0.1) is 0 Å². The molecule has 1 N–H and O–H groups in total. The number of hydrogen-bond donors (Lipinski definition) is 1. The van der Waals surface area contributed by atoms with Crippen molar-refractivity contribution in [3.63, 3.8) is 0 Å². The molecule has 2 aromatic rings. The van der Waals surface area contributed by atoms with Crippen LogP contribution in [0.2, 0.25) is 0 Å². The number of benzene rings is 2. The number of rotatable bonds is 9. The van der Waals surface area contributed by atoms with E-state index in [0.29, 0.717) is 0 Å². The molecule has 0 aromatic heterocycles. The van der Waals surface area contributed by atoms with Gasteiger partial charge in [0.1, 0.15) is 13.2 Å². The molecule has 0 spiro atoms. The Morgan fingerprint density at radius 3 is 2.46 bits per heavy atom. The minimum atomic E-state index is -3.66. The molecule has 6 nitrogen and oxygen atoms in total. The lowest BCUT2D eigenvalue weighted by Crippen LogP contribution is -2.27. The number of aryl methyl sites for hydroxylation is 1. The summed E-state index contributed by atoms with van der Waals surface area (Å²) in [5, 5.41) is 0. The highest BCUT2D eigenvalue weighted by molar-refractivity contribution is 7.89. The number of esters is 1. The van der Waals surface area contributed by atoms with Crippen molar-refractivity contribution in [1.29, 1.82) is 0 Å². The minimum absolute atomic E-state index is 0.00175. The van der Waals surface area contributed by atoms with Crippen molar-refractivity contribution in [2.24, 2.45) is 0 Å². The summed E-state index contributed by atoms with van der Waals surface area (Å²) in [5.41, 5.74) is 0.949. The number of para-hydroxylation sites is 1. The zero-order valence-corrected chi connectivity index (χ0v) is 15.1. The smallest absolute Gasteiger partial charge is 0.307 e. The molecule has 0 aliphatic rings. The van der Waals surface area contributed by atoms with Gasteiger partial charge in [0, 0.05) is 6.54 Å². The Labute approximate surface area is 152 Å². The highest BCUT2D eigenvalue weighted by Crippen LogP contribution is 2.15. The molecule has 0 radical (unpaired) electrons. The molecule has 0 fully saturated rings. The van der Waals surface area contributed by atoms with Crippen LogP contribution in [0.1, 0.15) is 12.0 Å². The van der Waals surface area contributed by atoms with Gasteiger partial charge in [0.15, 0.2) is 11.6 Å². The lowest BCUT2D eigenvalue weighted by molar-refractivity contribution is -0.144. The molecule has 0 saturated heterocycles. The Bertz CT molecular complexity index is 837. The normalized spacial score (nSPS) is 11.2. The van der Waals surface area contributed by atoms with Gasteiger partial charge in [0.25, 0.3) is 0 Å². The predicted octanol–water partition coefficient (Wildman–Crippen LogP) is 2.42. The summed E-state index contributed by atoms with van der Waals surface area (Å²) in [4.78, 5) is 11.7. The molecule has 26 heavy (non-hydrogen) atoms. The van der Waals surface area contributed by atoms with Gasteiger partial charge in [-0.2, -0.15) is 0 Å². The van der Waals surface area contributed by atoms with E-state index in [4.69, 9.17) is 9.47 Å². The molecule has 0 amide bonds. The summed E-state index contributed by atoms with van der Waals surface area (Å²) < 4.78 is 49.8. The first-order valence-electron chi connectivity index (χ1n) is 7.98. The molecule has 2 aromatic carbocycles. The van der Waals surface area contributed by atoms with Crippen LogP contribution in [0.25, 0.3) is 0 Å². The zero-order valence-electron chi connectivity index (χ0n) is 14.3. The van der Waals surface area contributed by atoms with Gasteiger partial charge in [-0.25, -0.2) is 17.5 Å². The van der Waals surface area contributed by atoms with E-state index < -0.39 is 21.8 Å². The molecule has 0 aliphatic heterocycles. The largest absolute Gasteiger partial charge is 0.487 e. The Hall–Kier alpha value is -2.45. The Kier molecular flexibility index (Phi) is 7.11. The topological polar surface area (TPSA) is 81.7 Å². The number of nitrogens with one attached hydrogen (secondary N) is 1. The fraction of sp³-hybridized carbons (Fsp3) is 0.278. The van der Waals surface area contributed by atoms with Gasteiger partial charge in [-0.05, 0) is 31.2 Å². The summed E-state index contributed by atoms with van der Waals surface area (Å²) in [6, 6.07) is 12.3. The maximum absolute atomic E-state index is 13.3. The molecule has 0 unspecified atom stereocenters. The SMILES string of the molecule is Cc1ccc(S(=O)(=O)NCCC(=O)OCCOc2ccccc2F)cc1. The van der Waals surface area contributed by atoms with E-state index >= 15 is 0 Å². The molecular weight excluding hydrogens is 361 g/mol. The number of sulfonamides is 1. The second-order valence-corrected chi connectivity index (χ2v) is 7.23. The molecular formula is C18H20FNO5S. The van der Waals surface area contributed by atoms with Gasteiger partial charge in [0.05, 0.1) is 11.3 Å². The second kappa shape index (κ2) is 9.30. The van der Waals surface area contributed by atoms with Crippen LogP contribution < -0.4 is 9.46 Å². The van der Waals surface area contributed by atoms with E-state index in [1.165, 1.54) is 24.3 Å². The van der Waals surface area contributed by atoms with Crippen molar-refractivity contribution in [2.75, 3.05) is 19.8 Å². The summed E-state index contributed by atoms with van der Waals surface area (Å²) in [5.74, 6) is -0.993.